The number of hydrogen-bond acceptors (Lipinski definition) is 2. The van der Waals surface area contributed by atoms with Gasteiger partial charge in [-0.15, -0.1) is 0 Å². The number of rotatable bonds is 4. The maximum Gasteiger partial charge on any atom is 0.131 e. The maximum atomic E-state index is 13.8. The third-order valence-corrected chi connectivity index (χ3v) is 3.71. The number of likely N-dealkylation sites (N-methyl/N-ethyl adjacent to an activating group) is 1. The van der Waals surface area contributed by atoms with E-state index in [2.05, 4.69) is 5.32 Å². The lowest BCUT2D eigenvalue weighted by atomic mass is 9.72. The third-order valence-electron chi connectivity index (χ3n) is 3.71. The van der Waals surface area contributed by atoms with Crippen molar-refractivity contribution in [3.05, 3.63) is 35.4 Å². The molecule has 0 saturated heterocycles. The van der Waals surface area contributed by atoms with Crippen molar-refractivity contribution < 1.29 is 13.5 Å². The van der Waals surface area contributed by atoms with Crippen molar-refractivity contribution in [2.75, 3.05) is 14.2 Å². The molecule has 1 aromatic carbocycles. The molecule has 1 fully saturated rings. The molecule has 0 radical (unpaired) electrons. The Kier molecular flexibility index (Phi) is 3.45. The zero-order chi connectivity index (χ0) is 12.5. The fourth-order valence-electron chi connectivity index (χ4n) is 2.59. The number of halogens is 2. The molecule has 1 atom stereocenters. The standard InChI is InChI=1S/C13H17F2NO/c1-16-12(13(17-2)7-4-8-13)11-9(14)5-3-6-10(11)15/h3,5-6,12,16H,4,7-8H2,1-2H3. The molecule has 0 aromatic heterocycles. The van der Waals surface area contributed by atoms with Gasteiger partial charge in [-0.05, 0) is 38.4 Å². The molecule has 0 aliphatic heterocycles. The van der Waals surface area contributed by atoms with Gasteiger partial charge in [0, 0.05) is 12.7 Å². The Morgan fingerprint density at radius 2 is 1.88 bits per heavy atom. The number of methoxy groups -OCH3 is 1. The molecule has 1 saturated carbocycles. The number of benzene rings is 1. The summed E-state index contributed by atoms with van der Waals surface area (Å²) in [5.74, 6) is -1.04. The van der Waals surface area contributed by atoms with Crippen LogP contribution in [0.2, 0.25) is 0 Å². The summed E-state index contributed by atoms with van der Waals surface area (Å²) < 4.78 is 33.1. The predicted molar refractivity (Wildman–Crippen MR) is 61.7 cm³/mol. The zero-order valence-corrected chi connectivity index (χ0v) is 10.1. The topological polar surface area (TPSA) is 21.3 Å². The van der Waals surface area contributed by atoms with Gasteiger partial charge in [0.05, 0.1) is 11.6 Å². The molecule has 2 nitrogen and oxygen atoms in total. The average Bonchev–Trinajstić information content (AvgIpc) is 2.25. The van der Waals surface area contributed by atoms with E-state index < -0.39 is 23.3 Å². The zero-order valence-electron chi connectivity index (χ0n) is 10.1. The summed E-state index contributed by atoms with van der Waals surface area (Å²) in [6.07, 6.45) is 2.67. The minimum absolute atomic E-state index is 0.0801. The van der Waals surface area contributed by atoms with Crippen LogP contribution in [-0.4, -0.2) is 19.8 Å². The van der Waals surface area contributed by atoms with Crippen molar-refractivity contribution in [1.29, 1.82) is 0 Å². The van der Waals surface area contributed by atoms with Gasteiger partial charge in [0.1, 0.15) is 11.6 Å². The summed E-state index contributed by atoms with van der Waals surface area (Å²) in [5.41, 5.74) is -0.394. The molecule has 1 aromatic rings. The lowest BCUT2D eigenvalue weighted by molar-refractivity contribution is -0.0996. The van der Waals surface area contributed by atoms with Crippen molar-refractivity contribution in [1.82, 2.24) is 5.32 Å². The molecule has 0 bridgehead atoms. The highest BCUT2D eigenvalue weighted by Crippen LogP contribution is 2.45. The molecule has 0 amide bonds. The van der Waals surface area contributed by atoms with E-state index in [9.17, 15) is 8.78 Å². The van der Waals surface area contributed by atoms with Crippen LogP contribution in [0, 0.1) is 11.6 Å². The first-order valence-corrected chi connectivity index (χ1v) is 5.81. The molecule has 17 heavy (non-hydrogen) atoms. The first kappa shape index (κ1) is 12.5. The molecule has 94 valence electrons. The van der Waals surface area contributed by atoms with Gasteiger partial charge in [0.2, 0.25) is 0 Å². The first-order valence-electron chi connectivity index (χ1n) is 5.81. The predicted octanol–water partition coefficient (Wildman–Crippen LogP) is 2.79. The maximum absolute atomic E-state index is 13.8. The van der Waals surface area contributed by atoms with Crippen molar-refractivity contribution in [2.24, 2.45) is 0 Å². The van der Waals surface area contributed by atoms with Crippen LogP contribution in [0.1, 0.15) is 30.9 Å². The molecular formula is C13H17F2NO. The Hall–Kier alpha value is -1.00. The molecule has 1 N–H and O–H groups in total. The molecule has 1 aliphatic rings. The highest BCUT2D eigenvalue weighted by atomic mass is 19.1. The molecule has 1 aliphatic carbocycles. The molecule has 0 spiro atoms. The molecule has 2 rings (SSSR count). The Morgan fingerprint density at radius 1 is 1.29 bits per heavy atom. The van der Waals surface area contributed by atoms with E-state index in [4.69, 9.17) is 4.74 Å². The van der Waals surface area contributed by atoms with Gasteiger partial charge in [0.15, 0.2) is 0 Å². The normalized spacial score (nSPS) is 19.8. The van der Waals surface area contributed by atoms with Crippen LogP contribution in [0.4, 0.5) is 8.78 Å². The summed E-state index contributed by atoms with van der Waals surface area (Å²) in [6, 6.07) is 3.50. The summed E-state index contributed by atoms with van der Waals surface area (Å²) >= 11 is 0. The van der Waals surface area contributed by atoms with Gasteiger partial charge in [-0.25, -0.2) is 8.78 Å². The molecular weight excluding hydrogens is 224 g/mol. The smallest absolute Gasteiger partial charge is 0.131 e. The SMILES string of the molecule is CNC(c1c(F)cccc1F)C1(OC)CCC1. The van der Waals surface area contributed by atoms with E-state index in [1.165, 1.54) is 18.2 Å². The highest BCUT2D eigenvalue weighted by molar-refractivity contribution is 5.27. The monoisotopic (exact) mass is 241 g/mol. The van der Waals surface area contributed by atoms with Gasteiger partial charge < -0.3 is 10.1 Å². The lowest BCUT2D eigenvalue weighted by Crippen LogP contribution is -2.50. The van der Waals surface area contributed by atoms with Crippen molar-refractivity contribution in [2.45, 2.75) is 30.9 Å². The molecule has 1 unspecified atom stereocenters. The Bertz CT molecular complexity index is 379. The minimum atomic E-state index is -0.521. The van der Waals surface area contributed by atoms with E-state index in [1.807, 2.05) is 0 Å². The van der Waals surface area contributed by atoms with Crippen LogP contribution in [0.5, 0.6) is 0 Å². The van der Waals surface area contributed by atoms with Crippen LogP contribution in [0.15, 0.2) is 18.2 Å². The highest BCUT2D eigenvalue weighted by Gasteiger charge is 2.46. The van der Waals surface area contributed by atoms with E-state index in [0.29, 0.717) is 0 Å². The first-order chi connectivity index (χ1) is 8.14. The van der Waals surface area contributed by atoms with Gasteiger partial charge in [-0.3, -0.25) is 0 Å². The fourth-order valence-corrected chi connectivity index (χ4v) is 2.59. The van der Waals surface area contributed by atoms with Crippen molar-refractivity contribution >= 4 is 0 Å². The van der Waals surface area contributed by atoms with Gasteiger partial charge in [-0.2, -0.15) is 0 Å². The number of nitrogens with one attached hydrogen (secondary N) is 1. The van der Waals surface area contributed by atoms with Gasteiger partial charge in [-0.1, -0.05) is 6.07 Å². The van der Waals surface area contributed by atoms with E-state index in [1.54, 1.807) is 14.2 Å². The second-order valence-corrected chi connectivity index (χ2v) is 4.48. The summed E-state index contributed by atoms with van der Waals surface area (Å²) in [4.78, 5) is 0. The van der Waals surface area contributed by atoms with Crippen molar-refractivity contribution in [3.8, 4) is 0 Å². The summed E-state index contributed by atoms with van der Waals surface area (Å²) in [6.45, 7) is 0. The largest absolute Gasteiger partial charge is 0.376 e. The van der Waals surface area contributed by atoms with Crippen LogP contribution in [0.25, 0.3) is 0 Å². The number of ether oxygens (including phenoxy) is 1. The van der Waals surface area contributed by atoms with Crippen LogP contribution >= 0.6 is 0 Å². The van der Waals surface area contributed by atoms with Crippen LogP contribution < -0.4 is 5.32 Å². The average molecular weight is 241 g/mol. The van der Waals surface area contributed by atoms with Crippen molar-refractivity contribution in [3.63, 3.8) is 0 Å². The Balaban J connectivity index is 2.42. The molecule has 4 heteroatoms. The number of hydrogen-bond donors (Lipinski definition) is 1. The Morgan fingerprint density at radius 3 is 2.24 bits per heavy atom. The van der Waals surface area contributed by atoms with E-state index in [-0.39, 0.29) is 5.56 Å². The minimum Gasteiger partial charge on any atom is -0.376 e. The van der Waals surface area contributed by atoms with E-state index in [0.717, 1.165) is 19.3 Å². The quantitative estimate of drug-likeness (QED) is 0.875. The lowest BCUT2D eigenvalue weighted by Gasteiger charge is -2.46. The Labute approximate surface area is 100.0 Å². The van der Waals surface area contributed by atoms with Crippen LogP contribution in [-0.2, 0) is 4.74 Å². The van der Waals surface area contributed by atoms with Gasteiger partial charge in [0.25, 0.3) is 0 Å². The van der Waals surface area contributed by atoms with Gasteiger partial charge >= 0.3 is 0 Å². The second-order valence-electron chi connectivity index (χ2n) is 4.48. The third kappa shape index (κ3) is 1.96. The second kappa shape index (κ2) is 4.70. The summed E-state index contributed by atoms with van der Waals surface area (Å²) in [7, 11) is 3.30. The van der Waals surface area contributed by atoms with Crippen LogP contribution in [0.3, 0.4) is 0 Å². The summed E-state index contributed by atoms with van der Waals surface area (Å²) in [5, 5.41) is 2.99. The fraction of sp³-hybridized carbons (Fsp3) is 0.538. The van der Waals surface area contributed by atoms with E-state index >= 15 is 0 Å². The molecule has 0 heterocycles.